The van der Waals surface area contributed by atoms with Gasteiger partial charge in [-0.3, -0.25) is 4.79 Å². The Hall–Kier alpha value is -2.09. The number of pyridine rings is 1. The van der Waals surface area contributed by atoms with Crippen LogP contribution >= 0.6 is 0 Å². The van der Waals surface area contributed by atoms with Crippen molar-refractivity contribution in [1.29, 1.82) is 0 Å². The summed E-state index contributed by atoms with van der Waals surface area (Å²) in [7, 11) is -3.24. The molecule has 1 atom stereocenters. The van der Waals surface area contributed by atoms with Gasteiger partial charge in [-0.15, -0.1) is 0 Å². The summed E-state index contributed by atoms with van der Waals surface area (Å²) in [6.45, 7) is 1.83. The van der Waals surface area contributed by atoms with Gasteiger partial charge in [0, 0.05) is 24.6 Å². The molecular weight excluding hydrogens is 318 g/mol. The fraction of sp³-hybridized carbons (Fsp3) is 0.467. The van der Waals surface area contributed by atoms with E-state index < -0.39 is 21.8 Å². The minimum Gasteiger partial charge on any atom is -0.618 e. The van der Waals surface area contributed by atoms with Crippen LogP contribution < -0.4 is 14.9 Å². The van der Waals surface area contributed by atoms with Crippen molar-refractivity contribution in [3.63, 3.8) is 0 Å². The first-order chi connectivity index (χ1) is 10.9. The maximum absolute atomic E-state index is 12.1. The minimum absolute atomic E-state index is 0.0385. The molecule has 3 rings (SSSR count). The van der Waals surface area contributed by atoms with Gasteiger partial charge in [-0.05, 0) is 31.4 Å². The Balaban J connectivity index is 1.70. The van der Waals surface area contributed by atoms with Gasteiger partial charge in [0.15, 0.2) is 9.84 Å². The van der Waals surface area contributed by atoms with Gasteiger partial charge in [-0.1, -0.05) is 0 Å². The van der Waals surface area contributed by atoms with E-state index in [0.717, 1.165) is 37.0 Å². The SMILES string of the molecule is O=C(NC1C=CS(=O)(=O)C1)c1ccc(N2CCCCC2)c[n+]1[O-]. The Morgan fingerprint density at radius 1 is 1.26 bits per heavy atom. The largest absolute Gasteiger partial charge is 0.618 e. The number of hydrogen-bond acceptors (Lipinski definition) is 5. The topological polar surface area (TPSA) is 93.4 Å². The molecule has 0 aliphatic carbocycles. The van der Waals surface area contributed by atoms with E-state index in [9.17, 15) is 18.4 Å². The molecule has 1 aromatic heterocycles. The van der Waals surface area contributed by atoms with E-state index in [1.54, 1.807) is 6.07 Å². The van der Waals surface area contributed by atoms with E-state index in [-0.39, 0.29) is 11.4 Å². The van der Waals surface area contributed by atoms with Crippen molar-refractivity contribution in [3.05, 3.63) is 40.7 Å². The number of nitrogens with one attached hydrogen (secondary N) is 1. The van der Waals surface area contributed by atoms with Crippen LogP contribution in [0.25, 0.3) is 0 Å². The molecular formula is C15H19N3O4S. The molecule has 2 aliphatic rings. The Labute approximate surface area is 135 Å². The number of sulfone groups is 1. The number of hydrogen-bond donors (Lipinski definition) is 1. The molecule has 1 amide bonds. The van der Waals surface area contributed by atoms with Crippen molar-refractivity contribution in [2.24, 2.45) is 0 Å². The van der Waals surface area contributed by atoms with Crippen molar-refractivity contribution >= 4 is 21.4 Å². The molecule has 124 valence electrons. The monoisotopic (exact) mass is 337 g/mol. The van der Waals surface area contributed by atoms with Gasteiger partial charge in [0.1, 0.15) is 5.69 Å². The van der Waals surface area contributed by atoms with Gasteiger partial charge in [-0.2, -0.15) is 4.73 Å². The summed E-state index contributed by atoms with van der Waals surface area (Å²) < 4.78 is 23.2. The molecule has 0 spiro atoms. The van der Waals surface area contributed by atoms with E-state index in [1.807, 2.05) is 0 Å². The second-order valence-electron chi connectivity index (χ2n) is 5.88. The van der Waals surface area contributed by atoms with E-state index in [1.165, 1.54) is 24.8 Å². The number of aromatic nitrogens is 1. The number of rotatable bonds is 3. The summed E-state index contributed by atoms with van der Waals surface area (Å²) in [5.41, 5.74) is 0.767. The third-order valence-electron chi connectivity index (χ3n) is 4.10. The van der Waals surface area contributed by atoms with Crippen LogP contribution in [0.15, 0.2) is 29.8 Å². The fourth-order valence-electron chi connectivity index (χ4n) is 2.89. The average Bonchev–Trinajstić information content (AvgIpc) is 2.86. The molecule has 1 aromatic rings. The normalized spacial score (nSPS) is 23.0. The molecule has 1 N–H and O–H groups in total. The highest BCUT2D eigenvalue weighted by Gasteiger charge is 2.26. The second kappa shape index (κ2) is 6.19. The van der Waals surface area contributed by atoms with Crippen LogP contribution in [0.3, 0.4) is 0 Å². The molecule has 1 unspecified atom stereocenters. The molecule has 1 fully saturated rings. The molecule has 23 heavy (non-hydrogen) atoms. The van der Waals surface area contributed by atoms with Crippen molar-refractivity contribution in [1.82, 2.24) is 5.32 Å². The number of amides is 1. The summed E-state index contributed by atoms with van der Waals surface area (Å²) in [6, 6.07) is 2.66. The maximum atomic E-state index is 12.1. The lowest BCUT2D eigenvalue weighted by Crippen LogP contribution is -2.44. The third-order valence-corrected chi connectivity index (χ3v) is 5.49. The zero-order chi connectivity index (χ0) is 16.4. The van der Waals surface area contributed by atoms with Crippen LogP contribution in [-0.4, -0.2) is 39.2 Å². The van der Waals surface area contributed by atoms with Gasteiger partial charge in [0.05, 0.1) is 11.8 Å². The first kappa shape index (κ1) is 15.8. The second-order valence-corrected chi connectivity index (χ2v) is 7.82. The van der Waals surface area contributed by atoms with Crippen molar-refractivity contribution in [2.45, 2.75) is 25.3 Å². The molecule has 7 nitrogen and oxygen atoms in total. The van der Waals surface area contributed by atoms with Crippen LogP contribution in [-0.2, 0) is 9.84 Å². The lowest BCUT2D eigenvalue weighted by Gasteiger charge is -2.27. The summed E-state index contributed by atoms with van der Waals surface area (Å²) >= 11 is 0. The average molecular weight is 337 g/mol. The lowest BCUT2D eigenvalue weighted by molar-refractivity contribution is -0.607. The standard InChI is InChI=1S/C15H19N3O4S/c19-15(16-12-6-9-23(21,22)11-12)14-5-4-13(10-18(14)20)17-7-2-1-3-8-17/h4-6,9-10,12H,1-3,7-8,11H2,(H,16,19). The van der Waals surface area contributed by atoms with Crippen LogP contribution in [0.2, 0.25) is 0 Å². The predicted molar refractivity (Wildman–Crippen MR) is 85.6 cm³/mol. The van der Waals surface area contributed by atoms with Crippen LogP contribution in [0.5, 0.6) is 0 Å². The summed E-state index contributed by atoms with van der Waals surface area (Å²) in [6.07, 6.45) is 6.23. The van der Waals surface area contributed by atoms with E-state index in [4.69, 9.17) is 0 Å². The number of carbonyl (C=O) groups is 1. The van der Waals surface area contributed by atoms with Crippen molar-refractivity contribution in [3.8, 4) is 0 Å². The Morgan fingerprint density at radius 2 is 2.00 bits per heavy atom. The van der Waals surface area contributed by atoms with Gasteiger partial charge >= 0.3 is 5.91 Å². The summed E-state index contributed by atoms with van der Waals surface area (Å²) in [5, 5.41) is 15.8. The van der Waals surface area contributed by atoms with E-state index >= 15 is 0 Å². The van der Waals surface area contributed by atoms with Gasteiger partial charge in [0.25, 0.3) is 5.69 Å². The third kappa shape index (κ3) is 3.64. The number of carbonyl (C=O) groups excluding carboxylic acids is 1. The minimum atomic E-state index is -3.24. The van der Waals surface area contributed by atoms with Gasteiger partial charge < -0.3 is 15.4 Å². The molecule has 0 radical (unpaired) electrons. The molecule has 0 aromatic carbocycles. The number of piperidine rings is 1. The highest BCUT2D eigenvalue weighted by atomic mass is 32.2. The molecule has 1 saturated heterocycles. The molecule has 2 aliphatic heterocycles. The van der Waals surface area contributed by atoms with E-state index in [0.29, 0.717) is 4.73 Å². The fourth-order valence-corrected chi connectivity index (χ4v) is 4.13. The summed E-state index contributed by atoms with van der Waals surface area (Å²) in [5.74, 6) is -0.736. The Morgan fingerprint density at radius 3 is 2.61 bits per heavy atom. The van der Waals surface area contributed by atoms with Crippen LogP contribution in [0, 0.1) is 5.21 Å². The quantitative estimate of drug-likeness (QED) is 0.634. The number of nitrogens with zero attached hydrogens (tertiary/aromatic N) is 2. The highest BCUT2D eigenvalue weighted by Crippen LogP contribution is 2.18. The highest BCUT2D eigenvalue weighted by molar-refractivity contribution is 7.94. The zero-order valence-corrected chi connectivity index (χ0v) is 13.5. The maximum Gasteiger partial charge on any atom is 0.317 e. The van der Waals surface area contributed by atoms with Gasteiger partial charge in [0.2, 0.25) is 6.20 Å². The molecule has 8 heteroatoms. The van der Waals surface area contributed by atoms with Crippen molar-refractivity contribution < 1.29 is 17.9 Å². The zero-order valence-electron chi connectivity index (χ0n) is 12.6. The Bertz CT molecular complexity index is 739. The predicted octanol–water partition coefficient (Wildman–Crippen LogP) is 0.351. The molecule has 0 bridgehead atoms. The summed E-state index contributed by atoms with van der Waals surface area (Å²) in [4.78, 5) is 14.3. The first-order valence-electron chi connectivity index (χ1n) is 7.65. The van der Waals surface area contributed by atoms with Crippen LogP contribution in [0.4, 0.5) is 5.69 Å². The lowest BCUT2D eigenvalue weighted by atomic mass is 10.1. The number of anilines is 1. The van der Waals surface area contributed by atoms with Crippen molar-refractivity contribution in [2.75, 3.05) is 23.7 Å². The smallest absolute Gasteiger partial charge is 0.317 e. The Kier molecular flexibility index (Phi) is 4.25. The van der Waals surface area contributed by atoms with E-state index in [2.05, 4.69) is 10.2 Å². The molecule has 3 heterocycles. The molecule has 0 saturated carbocycles. The van der Waals surface area contributed by atoms with Gasteiger partial charge in [-0.25, -0.2) is 8.42 Å². The van der Waals surface area contributed by atoms with Crippen LogP contribution in [0.1, 0.15) is 29.8 Å². The first-order valence-corrected chi connectivity index (χ1v) is 9.36.